The zero-order valence-corrected chi connectivity index (χ0v) is 22.6. The number of fused-ring (bicyclic) bond motifs is 1. The fraction of sp³-hybridized carbons (Fsp3) is 0.333. The lowest BCUT2D eigenvalue weighted by atomic mass is 10.0. The number of benzene rings is 2. The normalized spacial score (nSPS) is 21.2. The number of carbonyl (C=O) groups excluding carboxylic acids is 1. The molecule has 0 aliphatic carbocycles. The monoisotopic (exact) mass is 567 g/mol. The average molecular weight is 568 g/mol. The maximum Gasteiger partial charge on any atom is 0.296 e. The SMILES string of the molecule is CN1N=C(c2nc(C(C)(F)F)sc2N2CCOCC2)OC1NC1N=C(c2ccccc2)c2ccccc2NC1=O. The molecule has 0 spiro atoms. The first-order chi connectivity index (χ1) is 19.3. The van der Waals surface area contributed by atoms with E-state index in [9.17, 15) is 13.6 Å². The number of amides is 1. The van der Waals surface area contributed by atoms with Crippen LogP contribution in [-0.2, 0) is 20.2 Å². The standard InChI is InChI=1S/C27H27F2N7O3S/c1-27(28,29)25-32-20(24(40-25)36-12-14-38-15-13-36)23-34-35(2)26(39-23)33-21-22(37)30-18-11-7-6-10-17(18)19(31-21)16-8-4-3-5-9-16/h3-11,21,26,33H,12-15H2,1-2H3,(H,30,37). The number of morpholine rings is 1. The molecule has 6 rings (SSSR count). The van der Waals surface area contributed by atoms with Crippen LogP contribution in [0.1, 0.15) is 28.8 Å². The summed E-state index contributed by atoms with van der Waals surface area (Å²) in [5, 5.41) is 12.2. The Morgan fingerprint density at radius 2 is 1.82 bits per heavy atom. The van der Waals surface area contributed by atoms with E-state index in [4.69, 9.17) is 14.5 Å². The third-order valence-corrected chi connectivity index (χ3v) is 7.88. The van der Waals surface area contributed by atoms with Crippen LogP contribution in [0.2, 0.25) is 0 Å². The summed E-state index contributed by atoms with van der Waals surface area (Å²) in [7, 11) is 1.66. The van der Waals surface area contributed by atoms with Crippen LogP contribution in [0.3, 0.4) is 0 Å². The van der Waals surface area contributed by atoms with E-state index in [0.717, 1.165) is 29.4 Å². The van der Waals surface area contributed by atoms with E-state index in [2.05, 4.69) is 20.7 Å². The van der Waals surface area contributed by atoms with Gasteiger partial charge < -0.3 is 19.7 Å². The zero-order chi connectivity index (χ0) is 27.9. The highest BCUT2D eigenvalue weighted by molar-refractivity contribution is 7.16. The first-order valence-corrected chi connectivity index (χ1v) is 13.6. The van der Waals surface area contributed by atoms with Gasteiger partial charge in [0, 0.05) is 38.2 Å². The molecule has 1 saturated heterocycles. The van der Waals surface area contributed by atoms with Gasteiger partial charge in [0.15, 0.2) is 16.9 Å². The van der Waals surface area contributed by atoms with Gasteiger partial charge in [0.25, 0.3) is 17.7 Å². The molecule has 4 heterocycles. The van der Waals surface area contributed by atoms with Gasteiger partial charge in [0.05, 0.1) is 24.6 Å². The van der Waals surface area contributed by atoms with Gasteiger partial charge >= 0.3 is 0 Å². The topological polar surface area (TPSA) is 104 Å². The summed E-state index contributed by atoms with van der Waals surface area (Å²) in [6.45, 7) is 2.85. The van der Waals surface area contributed by atoms with Crippen molar-refractivity contribution in [2.45, 2.75) is 25.4 Å². The molecule has 2 aromatic carbocycles. The third kappa shape index (κ3) is 5.15. The number of aliphatic imine (C=N–C) groups is 1. The maximum absolute atomic E-state index is 14.3. The summed E-state index contributed by atoms with van der Waals surface area (Å²) in [5.41, 5.74) is 3.14. The number of hydrazone groups is 1. The largest absolute Gasteiger partial charge is 0.435 e. The van der Waals surface area contributed by atoms with E-state index < -0.39 is 18.4 Å². The van der Waals surface area contributed by atoms with Gasteiger partial charge in [0.2, 0.25) is 6.35 Å². The third-order valence-electron chi connectivity index (χ3n) is 6.59. The first kappa shape index (κ1) is 26.3. The van der Waals surface area contributed by atoms with Crippen LogP contribution in [0.5, 0.6) is 0 Å². The van der Waals surface area contributed by atoms with Crippen molar-refractivity contribution in [3.63, 3.8) is 0 Å². The molecule has 0 bridgehead atoms. The van der Waals surface area contributed by atoms with Crippen LogP contribution >= 0.6 is 11.3 Å². The number of ether oxygens (including phenoxy) is 2. The van der Waals surface area contributed by atoms with Gasteiger partial charge in [-0.25, -0.2) is 15.3 Å². The van der Waals surface area contributed by atoms with E-state index in [1.807, 2.05) is 59.5 Å². The Kier molecular flexibility index (Phi) is 6.94. The molecule has 3 aliphatic rings. The van der Waals surface area contributed by atoms with Gasteiger partial charge in [-0.3, -0.25) is 9.79 Å². The second-order valence-electron chi connectivity index (χ2n) is 9.56. The Bertz CT molecular complexity index is 1470. The summed E-state index contributed by atoms with van der Waals surface area (Å²) >= 11 is 0.915. The van der Waals surface area contributed by atoms with Crippen molar-refractivity contribution < 1.29 is 23.0 Å². The predicted octanol–water partition coefficient (Wildman–Crippen LogP) is 3.40. The molecule has 40 heavy (non-hydrogen) atoms. The Morgan fingerprint density at radius 1 is 1.10 bits per heavy atom. The molecular weight excluding hydrogens is 540 g/mol. The quantitative estimate of drug-likeness (QED) is 0.471. The fourth-order valence-corrected chi connectivity index (χ4v) is 5.64. The van der Waals surface area contributed by atoms with Gasteiger partial charge in [0.1, 0.15) is 5.00 Å². The Labute approximate surface area is 233 Å². The Morgan fingerprint density at radius 3 is 2.58 bits per heavy atom. The smallest absolute Gasteiger partial charge is 0.296 e. The number of halogens is 2. The molecule has 2 N–H and O–H groups in total. The molecule has 2 atom stereocenters. The molecule has 1 aromatic heterocycles. The molecular formula is C27H27F2N7O3S. The fourth-order valence-electron chi connectivity index (χ4n) is 4.60. The molecule has 1 fully saturated rings. The maximum atomic E-state index is 14.3. The van der Waals surface area contributed by atoms with Crippen molar-refractivity contribution >= 4 is 39.5 Å². The molecule has 1 amide bonds. The number of hydrogen-bond acceptors (Lipinski definition) is 10. The first-order valence-electron chi connectivity index (χ1n) is 12.8. The predicted molar refractivity (Wildman–Crippen MR) is 148 cm³/mol. The molecule has 13 heteroatoms. The number of hydrogen-bond donors (Lipinski definition) is 2. The molecule has 2 unspecified atom stereocenters. The average Bonchev–Trinajstić information content (AvgIpc) is 3.53. The van der Waals surface area contributed by atoms with Crippen LogP contribution in [-0.4, -0.2) is 73.4 Å². The number of nitrogens with zero attached hydrogens (tertiary/aromatic N) is 5. The Balaban J connectivity index is 1.29. The van der Waals surface area contributed by atoms with Crippen molar-refractivity contribution in [1.82, 2.24) is 15.3 Å². The van der Waals surface area contributed by atoms with Crippen LogP contribution in [0.15, 0.2) is 64.7 Å². The van der Waals surface area contributed by atoms with Crippen molar-refractivity contribution in [3.8, 4) is 0 Å². The summed E-state index contributed by atoms with van der Waals surface area (Å²) in [6, 6.07) is 17.0. The lowest BCUT2D eigenvalue weighted by Crippen LogP contribution is -2.49. The number of para-hydroxylation sites is 1. The highest BCUT2D eigenvalue weighted by Crippen LogP contribution is 2.39. The van der Waals surface area contributed by atoms with Gasteiger partial charge in [-0.05, 0) is 6.07 Å². The Hall–Kier alpha value is -3.94. The molecule has 208 valence electrons. The highest BCUT2D eigenvalue weighted by atomic mass is 32.1. The number of alkyl halides is 2. The van der Waals surface area contributed by atoms with Crippen molar-refractivity contribution in [2.24, 2.45) is 10.1 Å². The van der Waals surface area contributed by atoms with Crippen LogP contribution in [0, 0.1) is 0 Å². The van der Waals surface area contributed by atoms with Gasteiger partial charge in [-0.1, -0.05) is 59.9 Å². The number of carbonyl (C=O) groups is 1. The minimum absolute atomic E-state index is 0.0813. The van der Waals surface area contributed by atoms with Crippen LogP contribution < -0.4 is 15.5 Å². The minimum Gasteiger partial charge on any atom is -0.435 e. The van der Waals surface area contributed by atoms with E-state index >= 15 is 0 Å². The van der Waals surface area contributed by atoms with Crippen LogP contribution in [0.4, 0.5) is 19.5 Å². The lowest BCUT2D eigenvalue weighted by Gasteiger charge is -2.27. The lowest BCUT2D eigenvalue weighted by molar-refractivity contribution is -0.119. The van der Waals surface area contributed by atoms with Crippen LogP contribution in [0.25, 0.3) is 0 Å². The van der Waals surface area contributed by atoms with Crippen molar-refractivity contribution in [1.29, 1.82) is 0 Å². The zero-order valence-electron chi connectivity index (χ0n) is 21.8. The molecule has 0 saturated carbocycles. The summed E-state index contributed by atoms with van der Waals surface area (Å²) in [5.74, 6) is -3.42. The van der Waals surface area contributed by atoms with E-state index in [0.29, 0.717) is 42.7 Å². The van der Waals surface area contributed by atoms with E-state index in [1.165, 1.54) is 5.01 Å². The second-order valence-corrected chi connectivity index (χ2v) is 10.5. The minimum atomic E-state index is -3.12. The number of rotatable bonds is 6. The van der Waals surface area contributed by atoms with Crippen molar-refractivity contribution in [2.75, 3.05) is 43.6 Å². The number of benzodiazepines with no additional fused rings is 1. The number of nitrogens with one attached hydrogen (secondary N) is 2. The van der Waals surface area contributed by atoms with E-state index in [1.54, 1.807) is 7.05 Å². The number of aromatic nitrogens is 1. The van der Waals surface area contributed by atoms with Gasteiger partial charge in [-0.15, -0.1) is 5.10 Å². The van der Waals surface area contributed by atoms with Gasteiger partial charge in [-0.2, -0.15) is 8.78 Å². The second kappa shape index (κ2) is 10.6. The van der Waals surface area contributed by atoms with E-state index in [-0.39, 0.29) is 22.5 Å². The summed E-state index contributed by atoms with van der Waals surface area (Å²) in [6.07, 6.45) is -1.94. The molecule has 0 radical (unpaired) electrons. The number of thiazole rings is 1. The van der Waals surface area contributed by atoms with Crippen molar-refractivity contribution in [3.05, 3.63) is 76.4 Å². The highest BCUT2D eigenvalue weighted by Gasteiger charge is 2.38. The summed E-state index contributed by atoms with van der Waals surface area (Å²) in [4.78, 5) is 24.2. The molecule has 3 aromatic rings. The summed E-state index contributed by atoms with van der Waals surface area (Å²) < 4.78 is 40.1. The molecule has 3 aliphatic heterocycles. The molecule has 10 nitrogen and oxygen atoms in total. The number of anilines is 2.